The molecule has 1 aromatic carbocycles. The number of aliphatic carboxylic acids is 1. The standard InChI is InChI=1S/C15H19N3O3/c1-2-3-6-12(15(20)21)17-14(19)9-18-10-16-11-7-4-5-8-13(11)18/h4-5,7-8,10,12H,2-3,6,9H2,1H3,(H,17,19)(H,20,21). The molecular weight excluding hydrogens is 270 g/mol. The number of hydrogen-bond acceptors (Lipinski definition) is 3. The third-order valence-corrected chi connectivity index (χ3v) is 3.32. The van der Waals surface area contributed by atoms with E-state index in [-0.39, 0.29) is 12.5 Å². The van der Waals surface area contributed by atoms with E-state index in [1.54, 1.807) is 10.9 Å². The van der Waals surface area contributed by atoms with Crippen molar-refractivity contribution in [1.29, 1.82) is 0 Å². The van der Waals surface area contributed by atoms with Crippen molar-refractivity contribution < 1.29 is 14.7 Å². The van der Waals surface area contributed by atoms with E-state index in [9.17, 15) is 9.59 Å². The number of imidazole rings is 1. The lowest BCUT2D eigenvalue weighted by Gasteiger charge is -2.14. The molecule has 2 aromatic rings. The van der Waals surface area contributed by atoms with Gasteiger partial charge in [0.05, 0.1) is 17.4 Å². The normalized spacial score (nSPS) is 12.2. The molecule has 0 saturated heterocycles. The number of rotatable bonds is 7. The van der Waals surface area contributed by atoms with Gasteiger partial charge in [-0.25, -0.2) is 9.78 Å². The Bertz CT molecular complexity index is 636. The number of carbonyl (C=O) groups excluding carboxylic acids is 1. The third-order valence-electron chi connectivity index (χ3n) is 3.32. The molecule has 2 rings (SSSR count). The first-order chi connectivity index (χ1) is 10.1. The SMILES string of the molecule is CCCCC(NC(=O)Cn1cnc2ccccc21)C(=O)O. The van der Waals surface area contributed by atoms with Crippen molar-refractivity contribution in [3.63, 3.8) is 0 Å². The van der Waals surface area contributed by atoms with Crippen molar-refractivity contribution in [2.24, 2.45) is 0 Å². The molecule has 1 unspecified atom stereocenters. The smallest absolute Gasteiger partial charge is 0.326 e. The summed E-state index contributed by atoms with van der Waals surface area (Å²) in [5.41, 5.74) is 1.67. The Kier molecular flexibility index (Phi) is 4.92. The third kappa shape index (κ3) is 3.81. The average Bonchev–Trinajstić information content (AvgIpc) is 2.86. The van der Waals surface area contributed by atoms with Gasteiger partial charge in [-0.2, -0.15) is 0 Å². The van der Waals surface area contributed by atoms with E-state index >= 15 is 0 Å². The average molecular weight is 289 g/mol. The molecule has 0 fully saturated rings. The molecule has 1 atom stereocenters. The summed E-state index contributed by atoms with van der Waals surface area (Å²) in [6.45, 7) is 2.05. The number of amides is 1. The van der Waals surface area contributed by atoms with Crippen LogP contribution in [0.25, 0.3) is 11.0 Å². The van der Waals surface area contributed by atoms with Crippen LogP contribution in [0.3, 0.4) is 0 Å². The maximum Gasteiger partial charge on any atom is 0.326 e. The molecule has 2 N–H and O–H groups in total. The number of carboxylic acids is 1. The van der Waals surface area contributed by atoms with Crippen molar-refractivity contribution >= 4 is 22.9 Å². The van der Waals surface area contributed by atoms with E-state index in [0.29, 0.717) is 6.42 Å². The Hall–Kier alpha value is -2.37. The van der Waals surface area contributed by atoms with Crippen LogP contribution in [0.2, 0.25) is 0 Å². The summed E-state index contributed by atoms with van der Waals surface area (Å²) in [5, 5.41) is 11.7. The fourth-order valence-corrected chi connectivity index (χ4v) is 2.20. The largest absolute Gasteiger partial charge is 0.480 e. The van der Waals surface area contributed by atoms with E-state index in [1.165, 1.54) is 0 Å². The zero-order chi connectivity index (χ0) is 15.2. The van der Waals surface area contributed by atoms with Crippen LogP contribution in [0.15, 0.2) is 30.6 Å². The van der Waals surface area contributed by atoms with Crippen LogP contribution in [-0.4, -0.2) is 32.6 Å². The van der Waals surface area contributed by atoms with Crippen LogP contribution in [0, 0.1) is 0 Å². The fourth-order valence-electron chi connectivity index (χ4n) is 2.20. The lowest BCUT2D eigenvalue weighted by atomic mass is 10.1. The van der Waals surface area contributed by atoms with Crippen molar-refractivity contribution in [1.82, 2.24) is 14.9 Å². The number of hydrogen-bond donors (Lipinski definition) is 2. The first-order valence-electron chi connectivity index (χ1n) is 7.04. The lowest BCUT2D eigenvalue weighted by Crippen LogP contribution is -2.42. The topological polar surface area (TPSA) is 84.2 Å². The van der Waals surface area contributed by atoms with E-state index in [4.69, 9.17) is 5.11 Å². The van der Waals surface area contributed by atoms with Gasteiger partial charge in [0.25, 0.3) is 0 Å². The monoisotopic (exact) mass is 289 g/mol. The second-order valence-corrected chi connectivity index (χ2v) is 4.96. The minimum absolute atomic E-state index is 0.0659. The van der Waals surface area contributed by atoms with Gasteiger partial charge < -0.3 is 15.0 Å². The number of unbranched alkanes of at least 4 members (excludes halogenated alkanes) is 1. The number of carbonyl (C=O) groups is 2. The number of nitrogens with one attached hydrogen (secondary N) is 1. The molecule has 0 spiro atoms. The van der Waals surface area contributed by atoms with Crippen LogP contribution in [0.1, 0.15) is 26.2 Å². The zero-order valence-electron chi connectivity index (χ0n) is 12.0. The summed E-state index contributed by atoms with van der Waals surface area (Å²) >= 11 is 0. The first-order valence-corrected chi connectivity index (χ1v) is 7.04. The van der Waals surface area contributed by atoms with Gasteiger partial charge in [-0.3, -0.25) is 4.79 Å². The number of fused-ring (bicyclic) bond motifs is 1. The van der Waals surface area contributed by atoms with Crippen LogP contribution < -0.4 is 5.32 Å². The van der Waals surface area contributed by atoms with Crippen LogP contribution >= 0.6 is 0 Å². The molecule has 1 heterocycles. The Morgan fingerprint density at radius 1 is 1.38 bits per heavy atom. The van der Waals surface area contributed by atoms with Crippen LogP contribution in [0.4, 0.5) is 0 Å². The predicted molar refractivity (Wildman–Crippen MR) is 78.8 cm³/mol. The molecule has 1 aromatic heterocycles. The summed E-state index contributed by atoms with van der Waals surface area (Å²) in [6.07, 6.45) is 3.70. The Labute approximate surface area is 122 Å². The quantitative estimate of drug-likeness (QED) is 0.814. The lowest BCUT2D eigenvalue weighted by molar-refractivity contribution is -0.142. The Morgan fingerprint density at radius 2 is 2.14 bits per heavy atom. The van der Waals surface area contributed by atoms with Gasteiger partial charge in [-0.15, -0.1) is 0 Å². The minimum Gasteiger partial charge on any atom is -0.480 e. The van der Waals surface area contributed by atoms with Crippen LogP contribution in [-0.2, 0) is 16.1 Å². The fraction of sp³-hybridized carbons (Fsp3) is 0.400. The highest BCUT2D eigenvalue weighted by molar-refractivity contribution is 5.84. The van der Waals surface area contributed by atoms with E-state index in [2.05, 4.69) is 10.3 Å². The highest BCUT2D eigenvalue weighted by atomic mass is 16.4. The molecular formula is C15H19N3O3. The minimum atomic E-state index is -0.993. The molecule has 1 amide bonds. The summed E-state index contributed by atoms with van der Waals surface area (Å²) in [6, 6.07) is 6.67. The number of nitrogens with zero attached hydrogens (tertiary/aromatic N) is 2. The van der Waals surface area contributed by atoms with E-state index in [1.807, 2.05) is 31.2 Å². The maximum atomic E-state index is 12.0. The van der Waals surface area contributed by atoms with Crippen molar-refractivity contribution in [3.05, 3.63) is 30.6 Å². The molecule has 6 heteroatoms. The van der Waals surface area contributed by atoms with Gasteiger partial charge in [0.2, 0.25) is 5.91 Å². The molecule has 0 radical (unpaired) electrons. The predicted octanol–water partition coefficient (Wildman–Crippen LogP) is 1.80. The Balaban J connectivity index is 2.02. The summed E-state index contributed by atoms with van der Waals surface area (Å²) in [5.74, 6) is -1.31. The van der Waals surface area contributed by atoms with Gasteiger partial charge in [0.1, 0.15) is 12.6 Å². The molecule has 0 aliphatic rings. The van der Waals surface area contributed by atoms with Crippen molar-refractivity contribution in [2.75, 3.05) is 0 Å². The summed E-state index contributed by atoms with van der Waals surface area (Å²) in [4.78, 5) is 27.3. The van der Waals surface area contributed by atoms with Gasteiger partial charge >= 0.3 is 5.97 Å². The molecule has 0 saturated carbocycles. The van der Waals surface area contributed by atoms with Crippen molar-refractivity contribution in [2.45, 2.75) is 38.8 Å². The highest BCUT2D eigenvalue weighted by Gasteiger charge is 2.19. The summed E-state index contributed by atoms with van der Waals surface area (Å²) < 4.78 is 1.71. The molecule has 0 bridgehead atoms. The first kappa shape index (κ1) is 15.0. The van der Waals surface area contributed by atoms with Crippen LogP contribution in [0.5, 0.6) is 0 Å². The zero-order valence-corrected chi connectivity index (χ0v) is 12.0. The van der Waals surface area contributed by atoms with E-state index in [0.717, 1.165) is 23.9 Å². The Morgan fingerprint density at radius 3 is 2.86 bits per heavy atom. The number of aromatic nitrogens is 2. The van der Waals surface area contributed by atoms with Gasteiger partial charge in [-0.05, 0) is 18.6 Å². The van der Waals surface area contributed by atoms with Gasteiger partial charge in [0.15, 0.2) is 0 Å². The summed E-state index contributed by atoms with van der Waals surface area (Å²) in [7, 11) is 0. The molecule has 6 nitrogen and oxygen atoms in total. The molecule has 112 valence electrons. The molecule has 0 aliphatic carbocycles. The number of para-hydroxylation sites is 2. The second kappa shape index (κ2) is 6.88. The molecule has 0 aliphatic heterocycles. The van der Waals surface area contributed by atoms with E-state index < -0.39 is 12.0 Å². The second-order valence-electron chi connectivity index (χ2n) is 4.96. The number of carboxylic acid groups (broad SMARTS) is 1. The highest BCUT2D eigenvalue weighted by Crippen LogP contribution is 2.11. The van der Waals surface area contributed by atoms with Crippen molar-refractivity contribution in [3.8, 4) is 0 Å². The maximum absolute atomic E-state index is 12.0. The van der Waals surface area contributed by atoms with Gasteiger partial charge in [-0.1, -0.05) is 31.9 Å². The number of benzene rings is 1. The molecule has 21 heavy (non-hydrogen) atoms. The van der Waals surface area contributed by atoms with Gasteiger partial charge in [0, 0.05) is 0 Å².